The van der Waals surface area contributed by atoms with E-state index < -0.39 is 0 Å². The van der Waals surface area contributed by atoms with Crippen molar-refractivity contribution in [2.45, 2.75) is 27.2 Å². The molecule has 0 aliphatic heterocycles. The molecule has 2 aromatic carbocycles. The zero-order valence-corrected chi connectivity index (χ0v) is 20.3. The van der Waals surface area contributed by atoms with Gasteiger partial charge < -0.3 is 21.5 Å². The third-order valence-corrected chi connectivity index (χ3v) is 3.72. The summed E-state index contributed by atoms with van der Waals surface area (Å²) in [7, 11) is 0. The van der Waals surface area contributed by atoms with Crippen LogP contribution in [0.15, 0.2) is 48.5 Å². The van der Waals surface area contributed by atoms with Gasteiger partial charge in [0.15, 0.2) is 5.11 Å². The maximum Gasteiger partial charge on any atom is 1.00 e. The number of ether oxygens (including phenoxy) is 2. The number of benzene rings is 2. The zero-order chi connectivity index (χ0) is 19.2. The van der Waals surface area contributed by atoms with Crippen LogP contribution in [-0.2, 0) is 0 Å². The molecule has 0 aliphatic carbocycles. The first-order chi connectivity index (χ1) is 12.6. The molecule has 0 aromatic heterocycles. The molecular formula is C20H29N2NaO2S2. The molecule has 0 saturated carbocycles. The molecule has 27 heavy (non-hydrogen) atoms. The van der Waals surface area contributed by atoms with E-state index in [1.807, 2.05) is 62.4 Å². The first kappa shape index (κ1) is 26.1. The maximum atomic E-state index is 5.40. The second kappa shape index (κ2) is 16.1. The van der Waals surface area contributed by atoms with Crippen LogP contribution in [-0.4, -0.2) is 24.1 Å². The standard InChI is InChI=1S/C17H20N2O2S.C3H8S.Na.H/c1-3-20-15-9-5-13(6-10-15)18-17(22)19-14-7-11-16(12-8-14)21-4-2;1-2-3-4;;/h5-12H,3-4H2,1-2H3,(H2,18,19,22);4H,2-3H2,1H3;;/q;;+1;-1. The fraction of sp³-hybridized carbons (Fsp3) is 0.350. The van der Waals surface area contributed by atoms with Gasteiger partial charge in [0.05, 0.1) is 13.2 Å². The second-order valence-electron chi connectivity index (χ2n) is 5.22. The van der Waals surface area contributed by atoms with Gasteiger partial charge in [-0.25, -0.2) is 0 Å². The van der Waals surface area contributed by atoms with E-state index in [2.05, 4.69) is 30.2 Å². The van der Waals surface area contributed by atoms with Gasteiger partial charge >= 0.3 is 29.6 Å². The predicted octanol–water partition coefficient (Wildman–Crippen LogP) is 2.74. The van der Waals surface area contributed by atoms with Crippen LogP contribution in [0.25, 0.3) is 0 Å². The zero-order valence-electron chi connectivity index (χ0n) is 17.6. The Morgan fingerprint density at radius 2 is 1.19 bits per heavy atom. The minimum Gasteiger partial charge on any atom is -1.00 e. The van der Waals surface area contributed by atoms with Crippen LogP contribution in [0.3, 0.4) is 0 Å². The van der Waals surface area contributed by atoms with E-state index in [4.69, 9.17) is 21.7 Å². The molecule has 144 valence electrons. The topological polar surface area (TPSA) is 42.5 Å². The molecular weight excluding hydrogens is 387 g/mol. The predicted molar refractivity (Wildman–Crippen MR) is 120 cm³/mol. The van der Waals surface area contributed by atoms with Crippen LogP contribution in [0, 0.1) is 0 Å². The molecule has 2 N–H and O–H groups in total. The summed E-state index contributed by atoms with van der Waals surface area (Å²) in [6, 6.07) is 15.3. The third-order valence-electron chi connectivity index (χ3n) is 3.07. The molecule has 0 atom stereocenters. The molecule has 0 aliphatic rings. The summed E-state index contributed by atoms with van der Waals surface area (Å²) >= 11 is 9.22. The summed E-state index contributed by atoms with van der Waals surface area (Å²) in [6.45, 7) is 7.34. The molecule has 2 aromatic rings. The summed E-state index contributed by atoms with van der Waals surface area (Å²) in [4.78, 5) is 0. The smallest absolute Gasteiger partial charge is 1.00 e. The Labute approximate surface area is 197 Å². The van der Waals surface area contributed by atoms with Crippen LogP contribution in [0.2, 0.25) is 0 Å². The van der Waals surface area contributed by atoms with Gasteiger partial charge in [0.2, 0.25) is 0 Å². The maximum absolute atomic E-state index is 5.40. The molecule has 7 heteroatoms. The third kappa shape index (κ3) is 11.5. The molecule has 4 nitrogen and oxygen atoms in total. The molecule has 0 unspecified atom stereocenters. The minimum atomic E-state index is 0. The largest absolute Gasteiger partial charge is 1.00 e. The summed E-state index contributed by atoms with van der Waals surface area (Å²) < 4.78 is 10.8. The molecule has 0 heterocycles. The van der Waals surface area contributed by atoms with Crippen molar-refractivity contribution in [2.24, 2.45) is 0 Å². The number of thiocarbonyl (C=S) groups is 1. The van der Waals surface area contributed by atoms with E-state index in [9.17, 15) is 0 Å². The summed E-state index contributed by atoms with van der Waals surface area (Å²) in [5.74, 6) is 2.71. The SMILES string of the molecule is CCCS.CCOc1ccc(NC(=S)Nc2ccc(OCC)cc2)cc1.[H-].[Na+]. The molecule has 0 fully saturated rings. The Morgan fingerprint density at radius 1 is 0.852 bits per heavy atom. The van der Waals surface area contributed by atoms with Crippen molar-refractivity contribution in [3.05, 3.63) is 48.5 Å². The van der Waals surface area contributed by atoms with Crippen molar-refractivity contribution in [1.29, 1.82) is 0 Å². The van der Waals surface area contributed by atoms with E-state index in [0.29, 0.717) is 18.3 Å². The number of rotatable bonds is 7. The van der Waals surface area contributed by atoms with Gasteiger partial charge in [-0.3, -0.25) is 0 Å². The first-order valence-corrected chi connectivity index (χ1v) is 9.81. The number of hydrogen-bond acceptors (Lipinski definition) is 4. The quantitative estimate of drug-likeness (QED) is 0.368. The van der Waals surface area contributed by atoms with Crippen molar-refractivity contribution in [2.75, 3.05) is 29.6 Å². The van der Waals surface area contributed by atoms with Gasteiger partial charge in [-0.05, 0) is 86.8 Å². The number of anilines is 2. The van der Waals surface area contributed by atoms with Crippen LogP contribution in [0.5, 0.6) is 11.5 Å². The molecule has 0 spiro atoms. The van der Waals surface area contributed by atoms with E-state index in [-0.39, 0.29) is 31.0 Å². The summed E-state index contributed by atoms with van der Waals surface area (Å²) in [6.07, 6.45) is 1.18. The molecule has 0 radical (unpaired) electrons. The van der Waals surface area contributed by atoms with E-state index in [1.54, 1.807) is 0 Å². The Morgan fingerprint density at radius 3 is 1.44 bits per heavy atom. The average Bonchev–Trinajstić information content (AvgIpc) is 2.65. The van der Waals surface area contributed by atoms with Gasteiger partial charge in [0, 0.05) is 11.4 Å². The molecule has 0 bridgehead atoms. The Hall–Kier alpha value is -0.920. The Bertz CT molecular complexity index is 588. The van der Waals surface area contributed by atoms with E-state index in [1.165, 1.54) is 6.42 Å². The van der Waals surface area contributed by atoms with Crippen LogP contribution in [0.4, 0.5) is 11.4 Å². The van der Waals surface area contributed by atoms with Gasteiger partial charge in [-0.2, -0.15) is 12.6 Å². The number of thiol groups is 1. The number of nitrogens with one attached hydrogen (secondary N) is 2. The van der Waals surface area contributed by atoms with Crippen molar-refractivity contribution in [3.63, 3.8) is 0 Å². The fourth-order valence-electron chi connectivity index (χ4n) is 1.90. The van der Waals surface area contributed by atoms with Crippen LogP contribution >= 0.6 is 24.8 Å². The fourth-order valence-corrected chi connectivity index (χ4v) is 2.13. The number of hydrogen-bond donors (Lipinski definition) is 3. The average molecular weight is 417 g/mol. The second-order valence-corrected chi connectivity index (χ2v) is 6.07. The summed E-state index contributed by atoms with van der Waals surface area (Å²) in [5, 5.41) is 6.80. The molecule has 2 rings (SSSR count). The van der Waals surface area contributed by atoms with Gasteiger partial charge in [-0.1, -0.05) is 6.92 Å². The van der Waals surface area contributed by atoms with Crippen LogP contribution < -0.4 is 49.7 Å². The van der Waals surface area contributed by atoms with Crippen molar-refractivity contribution < 1.29 is 40.5 Å². The van der Waals surface area contributed by atoms with Gasteiger partial charge in [0.25, 0.3) is 0 Å². The Balaban J connectivity index is 0. The van der Waals surface area contributed by atoms with Gasteiger partial charge in [-0.15, -0.1) is 0 Å². The molecule has 0 amide bonds. The van der Waals surface area contributed by atoms with E-state index >= 15 is 0 Å². The Kier molecular flexibility index (Phi) is 15.5. The monoisotopic (exact) mass is 416 g/mol. The normalized spacial score (nSPS) is 9.19. The minimum absolute atomic E-state index is 0. The van der Waals surface area contributed by atoms with E-state index in [0.717, 1.165) is 28.6 Å². The summed E-state index contributed by atoms with van der Waals surface area (Å²) in [5.41, 5.74) is 1.82. The van der Waals surface area contributed by atoms with Crippen LogP contribution in [0.1, 0.15) is 28.6 Å². The van der Waals surface area contributed by atoms with Gasteiger partial charge in [0.1, 0.15) is 11.5 Å². The van der Waals surface area contributed by atoms with Crippen molar-refractivity contribution in [1.82, 2.24) is 0 Å². The van der Waals surface area contributed by atoms with Crippen molar-refractivity contribution >= 4 is 41.3 Å². The molecule has 0 saturated heterocycles. The van der Waals surface area contributed by atoms with Crippen molar-refractivity contribution in [3.8, 4) is 11.5 Å². The first-order valence-electron chi connectivity index (χ1n) is 8.77.